The molecule has 0 unspecified atom stereocenters. The molecule has 18 heavy (non-hydrogen) atoms. The number of halogens is 1. The van der Waals surface area contributed by atoms with Gasteiger partial charge in [-0.15, -0.1) is 0 Å². The topological polar surface area (TPSA) is 26.3 Å². The lowest BCUT2D eigenvalue weighted by atomic mass is 10.1. The van der Waals surface area contributed by atoms with Crippen LogP contribution in [0, 0.1) is 5.82 Å². The zero-order valence-corrected chi connectivity index (χ0v) is 11.3. The van der Waals surface area contributed by atoms with Crippen LogP contribution in [-0.2, 0) is 10.5 Å². The molecule has 98 valence electrons. The van der Waals surface area contributed by atoms with Gasteiger partial charge in [0.05, 0.1) is 12.7 Å². The molecule has 1 fully saturated rings. The molecule has 0 heterocycles. The summed E-state index contributed by atoms with van der Waals surface area (Å²) in [5.41, 5.74) is 0.934. The number of ether oxygens (including phenoxy) is 1. The van der Waals surface area contributed by atoms with E-state index in [9.17, 15) is 9.18 Å². The molecule has 1 aliphatic rings. The second-order valence-corrected chi connectivity index (χ2v) is 5.81. The van der Waals surface area contributed by atoms with Gasteiger partial charge in [-0.25, -0.2) is 9.18 Å². The summed E-state index contributed by atoms with van der Waals surface area (Å²) in [7, 11) is 1.26. The van der Waals surface area contributed by atoms with Gasteiger partial charge in [-0.3, -0.25) is 0 Å². The van der Waals surface area contributed by atoms with E-state index in [1.807, 2.05) is 11.8 Å². The number of hydrogen-bond acceptors (Lipinski definition) is 3. The highest BCUT2D eigenvalue weighted by Crippen LogP contribution is 2.31. The van der Waals surface area contributed by atoms with Crippen molar-refractivity contribution in [2.24, 2.45) is 0 Å². The second kappa shape index (κ2) is 6.23. The van der Waals surface area contributed by atoms with Crippen LogP contribution < -0.4 is 0 Å². The van der Waals surface area contributed by atoms with Gasteiger partial charge in [-0.05, 0) is 30.5 Å². The Morgan fingerprint density at radius 2 is 2.17 bits per heavy atom. The molecule has 0 N–H and O–H groups in total. The third-order valence-corrected chi connectivity index (χ3v) is 4.67. The quantitative estimate of drug-likeness (QED) is 0.777. The van der Waals surface area contributed by atoms with Crippen LogP contribution in [0.1, 0.15) is 41.6 Å². The van der Waals surface area contributed by atoms with Crippen LogP contribution in [0.2, 0.25) is 0 Å². The van der Waals surface area contributed by atoms with Crippen molar-refractivity contribution >= 4 is 17.7 Å². The van der Waals surface area contributed by atoms with Crippen LogP contribution in [0.25, 0.3) is 0 Å². The summed E-state index contributed by atoms with van der Waals surface area (Å²) in [5.74, 6) is -0.308. The SMILES string of the molecule is COC(=O)c1ccc(CSC2CCCC2)cc1F. The van der Waals surface area contributed by atoms with Crippen LogP contribution in [0.5, 0.6) is 0 Å². The summed E-state index contributed by atoms with van der Waals surface area (Å²) in [6, 6.07) is 4.75. The Morgan fingerprint density at radius 1 is 1.44 bits per heavy atom. The summed E-state index contributed by atoms with van der Waals surface area (Å²) in [6.45, 7) is 0. The Bertz CT molecular complexity index is 428. The maximum Gasteiger partial charge on any atom is 0.340 e. The molecule has 2 nitrogen and oxygen atoms in total. The normalized spacial score (nSPS) is 15.9. The fraction of sp³-hybridized carbons (Fsp3) is 0.500. The monoisotopic (exact) mass is 268 g/mol. The average molecular weight is 268 g/mol. The van der Waals surface area contributed by atoms with E-state index in [1.54, 1.807) is 6.07 Å². The molecule has 1 aliphatic carbocycles. The molecule has 0 aliphatic heterocycles. The van der Waals surface area contributed by atoms with E-state index in [1.165, 1.54) is 44.9 Å². The molecule has 1 aromatic carbocycles. The van der Waals surface area contributed by atoms with Gasteiger partial charge in [-0.1, -0.05) is 18.9 Å². The molecule has 0 saturated heterocycles. The van der Waals surface area contributed by atoms with Gasteiger partial charge < -0.3 is 4.74 Å². The molecule has 0 spiro atoms. The summed E-state index contributed by atoms with van der Waals surface area (Å²) >= 11 is 1.88. The number of methoxy groups -OCH3 is 1. The van der Waals surface area contributed by atoms with Crippen molar-refractivity contribution in [2.45, 2.75) is 36.7 Å². The number of rotatable bonds is 4. The number of carbonyl (C=O) groups is 1. The van der Waals surface area contributed by atoms with Crippen molar-refractivity contribution in [3.05, 3.63) is 35.1 Å². The number of benzene rings is 1. The standard InChI is InChI=1S/C14H17FO2S/c1-17-14(16)12-7-6-10(8-13(12)15)9-18-11-4-2-3-5-11/h6-8,11H,2-5,9H2,1H3. The minimum atomic E-state index is -0.623. The molecule has 2 rings (SSSR count). The summed E-state index contributed by atoms with van der Waals surface area (Å²) < 4.78 is 18.2. The molecule has 1 saturated carbocycles. The van der Waals surface area contributed by atoms with Crippen molar-refractivity contribution in [1.82, 2.24) is 0 Å². The smallest absolute Gasteiger partial charge is 0.340 e. The molecular formula is C14H17FO2S. The maximum absolute atomic E-state index is 13.7. The van der Waals surface area contributed by atoms with Crippen LogP contribution >= 0.6 is 11.8 Å². The minimum absolute atomic E-state index is 0.00659. The predicted octanol–water partition coefficient (Wildman–Crippen LogP) is 3.79. The van der Waals surface area contributed by atoms with E-state index in [4.69, 9.17) is 0 Å². The number of carbonyl (C=O) groups excluding carboxylic acids is 1. The second-order valence-electron chi connectivity index (χ2n) is 4.52. The Labute approximate surface area is 111 Å². The van der Waals surface area contributed by atoms with E-state index in [-0.39, 0.29) is 5.56 Å². The van der Waals surface area contributed by atoms with Gasteiger partial charge in [0.15, 0.2) is 0 Å². The maximum atomic E-state index is 13.7. The Balaban J connectivity index is 1.97. The third-order valence-electron chi connectivity index (χ3n) is 3.23. The molecule has 4 heteroatoms. The van der Waals surface area contributed by atoms with Crippen LogP contribution in [0.15, 0.2) is 18.2 Å². The molecule has 0 amide bonds. The van der Waals surface area contributed by atoms with Gasteiger partial charge in [0.1, 0.15) is 5.82 Å². The summed E-state index contributed by atoms with van der Waals surface area (Å²) in [6.07, 6.45) is 5.17. The molecule has 0 bridgehead atoms. The third kappa shape index (κ3) is 3.25. The lowest BCUT2D eigenvalue weighted by Crippen LogP contribution is -2.05. The first-order valence-corrected chi connectivity index (χ1v) is 7.24. The van der Waals surface area contributed by atoms with Gasteiger partial charge in [0, 0.05) is 11.0 Å². The predicted molar refractivity (Wildman–Crippen MR) is 71.3 cm³/mol. The Hall–Kier alpha value is -1.03. The zero-order valence-electron chi connectivity index (χ0n) is 10.4. The van der Waals surface area contributed by atoms with Gasteiger partial charge in [0.2, 0.25) is 0 Å². The highest BCUT2D eigenvalue weighted by molar-refractivity contribution is 7.99. The molecule has 0 radical (unpaired) electrons. The van der Waals surface area contributed by atoms with Crippen molar-refractivity contribution in [2.75, 3.05) is 7.11 Å². The Morgan fingerprint density at radius 3 is 2.78 bits per heavy atom. The fourth-order valence-corrected chi connectivity index (χ4v) is 3.47. The lowest BCUT2D eigenvalue weighted by molar-refractivity contribution is 0.0595. The molecule has 0 aromatic heterocycles. The van der Waals surface area contributed by atoms with Gasteiger partial charge in [0.25, 0.3) is 0 Å². The molecular weight excluding hydrogens is 251 g/mol. The first kappa shape index (κ1) is 13.4. The number of hydrogen-bond donors (Lipinski definition) is 0. The lowest BCUT2D eigenvalue weighted by Gasteiger charge is -2.09. The fourth-order valence-electron chi connectivity index (χ4n) is 2.19. The highest BCUT2D eigenvalue weighted by Gasteiger charge is 2.16. The van der Waals surface area contributed by atoms with Crippen molar-refractivity contribution in [3.8, 4) is 0 Å². The first-order chi connectivity index (χ1) is 8.70. The van der Waals surface area contributed by atoms with Crippen molar-refractivity contribution < 1.29 is 13.9 Å². The van der Waals surface area contributed by atoms with Gasteiger partial charge in [-0.2, -0.15) is 11.8 Å². The number of esters is 1. The first-order valence-electron chi connectivity index (χ1n) is 6.19. The van der Waals surface area contributed by atoms with E-state index < -0.39 is 11.8 Å². The largest absolute Gasteiger partial charge is 0.465 e. The number of thioether (sulfide) groups is 1. The van der Waals surface area contributed by atoms with Crippen LogP contribution in [0.4, 0.5) is 4.39 Å². The Kier molecular flexibility index (Phi) is 4.64. The van der Waals surface area contributed by atoms with Crippen molar-refractivity contribution in [1.29, 1.82) is 0 Å². The highest BCUT2D eigenvalue weighted by atomic mass is 32.2. The summed E-state index contributed by atoms with van der Waals surface area (Å²) in [5, 5.41) is 0.716. The van der Waals surface area contributed by atoms with Crippen LogP contribution in [-0.4, -0.2) is 18.3 Å². The molecule has 0 atom stereocenters. The minimum Gasteiger partial charge on any atom is -0.465 e. The molecule has 1 aromatic rings. The van der Waals surface area contributed by atoms with Crippen molar-refractivity contribution in [3.63, 3.8) is 0 Å². The van der Waals surface area contributed by atoms with E-state index in [2.05, 4.69) is 4.74 Å². The summed E-state index contributed by atoms with van der Waals surface area (Å²) in [4.78, 5) is 11.2. The van der Waals surface area contributed by atoms with E-state index in [0.29, 0.717) is 5.25 Å². The van der Waals surface area contributed by atoms with E-state index >= 15 is 0 Å². The average Bonchev–Trinajstić information content (AvgIpc) is 2.88. The van der Waals surface area contributed by atoms with Crippen LogP contribution in [0.3, 0.4) is 0 Å². The van der Waals surface area contributed by atoms with Gasteiger partial charge >= 0.3 is 5.97 Å². The zero-order chi connectivity index (χ0) is 13.0. The van der Waals surface area contributed by atoms with E-state index in [0.717, 1.165) is 11.3 Å².